The van der Waals surface area contributed by atoms with Crippen LogP contribution in [-0.4, -0.2) is 84.9 Å². The number of aliphatic hydroxyl groups is 1. The normalized spacial score (nSPS) is 21.0. The van der Waals surface area contributed by atoms with Gasteiger partial charge in [-0.3, -0.25) is 9.48 Å². The number of aryl methyl sites for hydroxylation is 1. The Kier molecular flexibility index (Phi) is 7.74. The number of aliphatic hydroxyl groups excluding tert-OH is 1. The zero-order valence-electron chi connectivity index (χ0n) is 27.4. The fourth-order valence-corrected chi connectivity index (χ4v) is 7.88. The first kappa shape index (κ1) is 30.7. The number of benzene rings is 2. The number of carbonyl (C=O) groups excluding carboxylic acids is 1. The molecule has 1 saturated heterocycles. The minimum atomic E-state index is -0.722. The number of piperidine rings is 1. The van der Waals surface area contributed by atoms with Gasteiger partial charge >= 0.3 is 0 Å². The Morgan fingerprint density at radius 1 is 1.19 bits per heavy atom. The van der Waals surface area contributed by atoms with Crippen LogP contribution in [0.25, 0.3) is 44.6 Å². The molecule has 0 spiro atoms. The minimum absolute atomic E-state index is 0.00861. The second kappa shape index (κ2) is 12.1. The van der Waals surface area contributed by atoms with E-state index in [2.05, 4.69) is 44.4 Å². The maximum absolute atomic E-state index is 13.8. The van der Waals surface area contributed by atoms with Crippen molar-refractivity contribution >= 4 is 27.8 Å². The zero-order chi connectivity index (χ0) is 33.1. The zero-order valence-corrected chi connectivity index (χ0v) is 27.4. The highest BCUT2D eigenvalue weighted by molar-refractivity contribution is 6.01. The van der Waals surface area contributed by atoms with Crippen LogP contribution in [0.4, 0.5) is 0 Å². The molecule has 3 aliphatic rings. The van der Waals surface area contributed by atoms with E-state index in [-0.39, 0.29) is 31.2 Å². The van der Waals surface area contributed by atoms with Gasteiger partial charge in [0.1, 0.15) is 17.9 Å². The molecule has 11 heteroatoms. The van der Waals surface area contributed by atoms with E-state index < -0.39 is 6.10 Å². The first-order valence-corrected chi connectivity index (χ1v) is 16.8. The Labute approximate surface area is 279 Å². The largest absolute Gasteiger partial charge is 0.494 e. The number of hydrogen-bond donors (Lipinski definition) is 2. The molecule has 248 valence electrons. The van der Waals surface area contributed by atoms with Gasteiger partial charge < -0.3 is 34.3 Å². The van der Waals surface area contributed by atoms with Crippen molar-refractivity contribution in [1.82, 2.24) is 28.8 Å². The first-order valence-electron chi connectivity index (χ1n) is 16.8. The lowest BCUT2D eigenvalue weighted by atomic mass is 10.1. The second-order valence-corrected chi connectivity index (χ2v) is 13.6. The average Bonchev–Trinajstić information content (AvgIpc) is 3.37. The van der Waals surface area contributed by atoms with Crippen molar-refractivity contribution in [2.45, 2.75) is 57.0 Å². The van der Waals surface area contributed by atoms with Gasteiger partial charge in [0.15, 0.2) is 5.82 Å². The molecule has 2 saturated carbocycles. The van der Waals surface area contributed by atoms with E-state index in [1.54, 1.807) is 11.8 Å². The van der Waals surface area contributed by atoms with Gasteiger partial charge in [-0.25, -0.2) is 4.98 Å². The van der Waals surface area contributed by atoms with Gasteiger partial charge in [-0.05, 0) is 55.7 Å². The molecule has 2 aromatic carbocycles. The van der Waals surface area contributed by atoms with Crippen molar-refractivity contribution in [3.05, 3.63) is 54.4 Å². The number of likely N-dealkylation sites (tertiary alicyclic amines) is 1. The van der Waals surface area contributed by atoms with Crippen LogP contribution in [0.1, 0.15) is 36.0 Å². The molecule has 11 nitrogen and oxygen atoms in total. The molecule has 2 aliphatic carbocycles. The highest BCUT2D eigenvalue weighted by Gasteiger charge is 2.47. The molecular weight excluding hydrogens is 606 g/mol. The number of aromatic nitrogens is 5. The van der Waals surface area contributed by atoms with Crippen LogP contribution in [0.3, 0.4) is 0 Å². The molecule has 4 atom stereocenters. The van der Waals surface area contributed by atoms with Crippen LogP contribution in [0.5, 0.6) is 5.75 Å². The Hall–Kier alpha value is -4.63. The number of amides is 1. The fourth-order valence-electron chi connectivity index (χ4n) is 7.88. The van der Waals surface area contributed by atoms with Gasteiger partial charge in [-0.15, -0.1) is 6.42 Å². The molecule has 8 rings (SSSR count). The smallest absolute Gasteiger partial charge is 0.254 e. The predicted octanol–water partition coefficient (Wildman–Crippen LogP) is 4.05. The molecule has 0 radical (unpaired) electrons. The lowest BCUT2D eigenvalue weighted by molar-refractivity contribution is 0.0395. The van der Waals surface area contributed by atoms with Crippen LogP contribution in [-0.2, 0) is 24.9 Å². The molecule has 3 N–H and O–H groups in total. The van der Waals surface area contributed by atoms with E-state index in [4.69, 9.17) is 26.6 Å². The van der Waals surface area contributed by atoms with Crippen LogP contribution in [0.15, 0.2) is 48.8 Å². The maximum atomic E-state index is 13.8. The maximum Gasteiger partial charge on any atom is 0.254 e. The summed E-state index contributed by atoms with van der Waals surface area (Å²) >= 11 is 0. The van der Waals surface area contributed by atoms with Crippen molar-refractivity contribution in [3.8, 4) is 40.7 Å². The summed E-state index contributed by atoms with van der Waals surface area (Å²) in [6.45, 7) is 2.19. The van der Waals surface area contributed by atoms with Gasteiger partial charge in [-0.2, -0.15) is 5.10 Å². The van der Waals surface area contributed by atoms with Crippen molar-refractivity contribution in [2.75, 3.05) is 26.9 Å². The number of methoxy groups -OCH3 is 1. The molecule has 3 unspecified atom stereocenters. The topological polar surface area (TPSA) is 126 Å². The Morgan fingerprint density at radius 3 is 2.77 bits per heavy atom. The van der Waals surface area contributed by atoms with E-state index in [9.17, 15) is 9.90 Å². The summed E-state index contributed by atoms with van der Waals surface area (Å²) in [5.74, 6) is 4.82. The standard InChI is InChI=1S/C37H41N7O4/c1-4-12-48-21-27(45)20-42-18-26(16-39-42)28-7-5-6-23-14-31(43(34(23)28)17-22-8-9-22)36-40-29-13-25(15-32(47-3)35(29)41(36)2)37(46)44-19-24-10-11-30(44)33(24)38/h1,5-7,13-16,18,22,24,27,30,33,45H,8-12,17,19-21,38H2,2-3H3/t24?,27?,30?,33-/m1/s1. The van der Waals surface area contributed by atoms with Crippen molar-refractivity contribution in [2.24, 2.45) is 24.6 Å². The minimum Gasteiger partial charge on any atom is -0.494 e. The van der Waals surface area contributed by atoms with E-state index in [1.165, 1.54) is 12.8 Å². The molecule has 2 bridgehead atoms. The lowest BCUT2D eigenvalue weighted by Gasteiger charge is -2.27. The highest BCUT2D eigenvalue weighted by Crippen LogP contribution is 2.41. The fraction of sp³-hybridized carbons (Fsp3) is 0.432. The first-order chi connectivity index (χ1) is 23.3. The number of nitrogens with zero attached hydrogens (tertiary/aromatic N) is 6. The number of rotatable bonds is 11. The number of para-hydroxylation sites is 1. The van der Waals surface area contributed by atoms with E-state index in [0.717, 1.165) is 64.0 Å². The monoisotopic (exact) mass is 647 g/mol. The average molecular weight is 648 g/mol. The lowest BCUT2D eigenvalue weighted by Crippen LogP contribution is -2.41. The third kappa shape index (κ3) is 5.25. The Balaban J connectivity index is 1.18. The predicted molar refractivity (Wildman–Crippen MR) is 183 cm³/mol. The molecule has 3 fully saturated rings. The molecule has 48 heavy (non-hydrogen) atoms. The molecule has 1 amide bonds. The van der Waals surface area contributed by atoms with Gasteiger partial charge in [0.05, 0.1) is 49.3 Å². The number of nitrogens with two attached hydrogens (primary N) is 1. The summed E-state index contributed by atoms with van der Waals surface area (Å²) in [4.78, 5) is 20.9. The van der Waals surface area contributed by atoms with Gasteiger partial charge in [0, 0.05) is 60.5 Å². The number of ether oxygens (including phenoxy) is 2. The molecule has 1 aliphatic heterocycles. The van der Waals surface area contributed by atoms with E-state index >= 15 is 0 Å². The van der Waals surface area contributed by atoms with Crippen LogP contribution >= 0.6 is 0 Å². The molecular formula is C37H41N7O4. The van der Waals surface area contributed by atoms with E-state index in [1.807, 2.05) is 36.5 Å². The Bertz CT molecular complexity index is 2060. The molecule has 5 aromatic rings. The second-order valence-electron chi connectivity index (χ2n) is 13.6. The quantitative estimate of drug-likeness (QED) is 0.164. The van der Waals surface area contributed by atoms with Crippen molar-refractivity contribution in [3.63, 3.8) is 0 Å². The van der Waals surface area contributed by atoms with Crippen molar-refractivity contribution < 1.29 is 19.4 Å². The number of fused-ring (bicyclic) bond motifs is 4. The summed E-state index contributed by atoms with van der Waals surface area (Å²) in [5.41, 5.74) is 12.7. The summed E-state index contributed by atoms with van der Waals surface area (Å²) in [6, 6.07) is 12.4. The van der Waals surface area contributed by atoms with Crippen LogP contribution in [0.2, 0.25) is 0 Å². The molecule has 4 heterocycles. The third-order valence-corrected chi connectivity index (χ3v) is 10.4. The van der Waals surface area contributed by atoms with Crippen LogP contribution in [0, 0.1) is 24.2 Å². The number of hydrogen-bond acceptors (Lipinski definition) is 7. The summed E-state index contributed by atoms with van der Waals surface area (Å²) in [5, 5.41) is 16.1. The van der Waals surface area contributed by atoms with E-state index in [0.29, 0.717) is 36.2 Å². The van der Waals surface area contributed by atoms with Gasteiger partial charge in [0.2, 0.25) is 0 Å². The summed E-state index contributed by atoms with van der Waals surface area (Å²) in [6.07, 6.45) is 12.8. The van der Waals surface area contributed by atoms with Crippen LogP contribution < -0.4 is 10.5 Å². The van der Waals surface area contributed by atoms with Gasteiger partial charge in [0.25, 0.3) is 5.91 Å². The SMILES string of the molecule is C#CCOCC(O)Cn1cc(-c2cccc3cc(-c4nc5cc(C(=O)N6CC7CCC6[C@@H]7N)cc(OC)c5n4C)n(CC4CC4)c23)cn1. The number of terminal acetylenes is 1. The third-order valence-electron chi connectivity index (χ3n) is 10.4. The molecule has 3 aromatic heterocycles. The number of imidazole rings is 1. The summed E-state index contributed by atoms with van der Waals surface area (Å²) in [7, 11) is 3.65. The number of carbonyl (C=O) groups is 1. The van der Waals surface area contributed by atoms with Crippen molar-refractivity contribution in [1.29, 1.82) is 0 Å². The highest BCUT2D eigenvalue weighted by atomic mass is 16.5. The van der Waals surface area contributed by atoms with Gasteiger partial charge in [-0.1, -0.05) is 24.1 Å². The Morgan fingerprint density at radius 2 is 2.04 bits per heavy atom. The summed E-state index contributed by atoms with van der Waals surface area (Å²) < 4.78 is 17.4.